The Kier molecular flexibility index (Phi) is 3.38. The van der Waals surface area contributed by atoms with Crippen molar-refractivity contribution in [2.45, 2.75) is 13.3 Å². The summed E-state index contributed by atoms with van der Waals surface area (Å²) in [6.45, 7) is 2.37. The number of nitrogens with two attached hydrogens (primary N) is 1. The fourth-order valence-electron chi connectivity index (χ4n) is 1.32. The number of nitrogens with one attached hydrogen (secondary N) is 1. The molecular weight excluding hydrogens is 240 g/mol. The predicted molar refractivity (Wildman–Crippen MR) is 65.3 cm³/mol. The van der Waals surface area contributed by atoms with Gasteiger partial charge in [-0.15, -0.1) is 11.3 Å². The number of aryl methyl sites for hydroxylation is 1. The summed E-state index contributed by atoms with van der Waals surface area (Å²) in [5, 5.41) is 0. The molecule has 0 fully saturated rings. The lowest BCUT2D eigenvalue weighted by Crippen LogP contribution is -2.15. The van der Waals surface area contributed by atoms with Crippen LogP contribution >= 0.6 is 11.3 Å². The van der Waals surface area contributed by atoms with Gasteiger partial charge < -0.3 is 15.5 Å². The van der Waals surface area contributed by atoms with Gasteiger partial charge in [0.1, 0.15) is 0 Å². The van der Waals surface area contributed by atoms with Crippen LogP contribution in [0.3, 0.4) is 0 Å². The van der Waals surface area contributed by atoms with Gasteiger partial charge in [0.05, 0.1) is 24.1 Å². The summed E-state index contributed by atoms with van der Waals surface area (Å²) in [4.78, 5) is 22.7. The molecule has 0 saturated heterocycles. The second kappa shape index (κ2) is 4.96. The van der Waals surface area contributed by atoms with E-state index in [0.717, 1.165) is 17.0 Å². The molecule has 0 aliphatic rings. The molecule has 0 atom stereocenters. The number of aromatic amines is 1. The summed E-state index contributed by atoms with van der Waals surface area (Å²) in [5.74, 6) is 0.177. The third-order valence-electron chi connectivity index (χ3n) is 2.27. The minimum atomic E-state index is -0.385. The van der Waals surface area contributed by atoms with E-state index in [0.29, 0.717) is 6.61 Å². The third kappa shape index (κ3) is 2.62. The van der Waals surface area contributed by atoms with Crippen LogP contribution in [0.1, 0.15) is 10.6 Å². The first-order valence-electron chi connectivity index (χ1n) is 5.03. The van der Waals surface area contributed by atoms with Gasteiger partial charge in [0, 0.05) is 11.3 Å². The average Bonchev–Trinajstić information content (AvgIpc) is 2.71. The first-order chi connectivity index (χ1) is 8.18. The maximum atomic E-state index is 11.2. The molecule has 90 valence electrons. The number of rotatable bonds is 4. The van der Waals surface area contributed by atoms with Gasteiger partial charge in [-0.25, -0.2) is 9.97 Å². The van der Waals surface area contributed by atoms with E-state index in [4.69, 9.17) is 10.5 Å². The molecule has 2 aromatic rings. The predicted octanol–water partition coefficient (Wildman–Crippen LogP) is 0.739. The Hall–Kier alpha value is -1.89. The van der Waals surface area contributed by atoms with E-state index in [1.54, 1.807) is 16.8 Å². The van der Waals surface area contributed by atoms with Gasteiger partial charge in [-0.2, -0.15) is 0 Å². The molecule has 2 heterocycles. The van der Waals surface area contributed by atoms with Crippen molar-refractivity contribution in [3.63, 3.8) is 0 Å². The van der Waals surface area contributed by atoms with Gasteiger partial charge in [0.25, 0.3) is 5.56 Å². The first kappa shape index (κ1) is 11.6. The largest absolute Gasteiger partial charge is 0.476 e. The Labute approximate surface area is 101 Å². The Bertz CT molecular complexity index is 563. The highest BCUT2D eigenvalue weighted by molar-refractivity contribution is 7.09. The average molecular weight is 252 g/mol. The summed E-state index contributed by atoms with van der Waals surface area (Å²) in [5.41, 5.74) is 7.95. The second-order valence-corrected chi connectivity index (χ2v) is 4.35. The van der Waals surface area contributed by atoms with E-state index < -0.39 is 0 Å². The fourth-order valence-corrected chi connectivity index (χ4v) is 2.08. The highest BCUT2D eigenvalue weighted by atomic mass is 32.1. The molecule has 6 nitrogen and oxygen atoms in total. The molecule has 0 amide bonds. The van der Waals surface area contributed by atoms with Crippen LogP contribution in [0, 0.1) is 6.92 Å². The number of aromatic nitrogens is 3. The lowest BCUT2D eigenvalue weighted by molar-refractivity contribution is 0.311. The van der Waals surface area contributed by atoms with Gasteiger partial charge in [-0.3, -0.25) is 4.79 Å². The quantitative estimate of drug-likeness (QED) is 0.837. The number of hydrogen-bond acceptors (Lipinski definition) is 6. The fraction of sp³-hybridized carbons (Fsp3) is 0.300. The monoisotopic (exact) mass is 252 g/mol. The molecule has 0 radical (unpaired) electrons. The maximum Gasteiger partial charge on any atom is 0.277 e. The van der Waals surface area contributed by atoms with Crippen molar-refractivity contribution in [1.29, 1.82) is 0 Å². The highest BCUT2D eigenvalue weighted by Gasteiger charge is 2.06. The Morgan fingerprint density at radius 1 is 1.53 bits per heavy atom. The van der Waals surface area contributed by atoms with Crippen molar-refractivity contribution in [1.82, 2.24) is 15.0 Å². The summed E-state index contributed by atoms with van der Waals surface area (Å²) < 4.78 is 5.37. The molecule has 0 aliphatic carbocycles. The molecular formula is C10H12N4O2S. The number of nitrogen functional groups attached to an aromatic ring is 1. The van der Waals surface area contributed by atoms with E-state index in [9.17, 15) is 4.79 Å². The van der Waals surface area contributed by atoms with Crippen molar-refractivity contribution < 1.29 is 4.74 Å². The molecule has 0 saturated carbocycles. The zero-order valence-corrected chi connectivity index (χ0v) is 10.1. The van der Waals surface area contributed by atoms with Crippen molar-refractivity contribution in [3.05, 3.63) is 32.8 Å². The number of ether oxygens (including phenoxy) is 1. The van der Waals surface area contributed by atoms with Crippen LogP contribution in [0.15, 0.2) is 16.6 Å². The molecule has 0 bridgehead atoms. The van der Waals surface area contributed by atoms with Crippen LogP contribution < -0.4 is 16.0 Å². The molecule has 0 unspecified atom stereocenters. The highest BCUT2D eigenvalue weighted by Crippen LogP contribution is 2.15. The van der Waals surface area contributed by atoms with Crippen molar-refractivity contribution in [3.8, 4) is 5.88 Å². The SMILES string of the molecule is Cc1ncsc1CCOc1nc[nH]c(=O)c1N. The number of nitrogens with zero attached hydrogens (tertiary/aromatic N) is 2. The normalized spacial score (nSPS) is 10.4. The molecule has 17 heavy (non-hydrogen) atoms. The molecule has 7 heteroatoms. The van der Waals surface area contributed by atoms with Crippen LogP contribution in [0.4, 0.5) is 5.69 Å². The van der Waals surface area contributed by atoms with E-state index in [1.165, 1.54) is 6.33 Å². The van der Waals surface area contributed by atoms with Crippen LogP contribution in [-0.2, 0) is 6.42 Å². The zero-order valence-electron chi connectivity index (χ0n) is 9.27. The summed E-state index contributed by atoms with van der Waals surface area (Å²) in [6.07, 6.45) is 2.00. The topological polar surface area (TPSA) is 93.9 Å². The molecule has 2 rings (SSSR count). The zero-order chi connectivity index (χ0) is 12.3. The van der Waals surface area contributed by atoms with Gasteiger partial charge >= 0.3 is 0 Å². The number of anilines is 1. The van der Waals surface area contributed by atoms with E-state index in [-0.39, 0.29) is 17.1 Å². The molecule has 3 N–H and O–H groups in total. The number of hydrogen-bond donors (Lipinski definition) is 2. The lowest BCUT2D eigenvalue weighted by Gasteiger charge is -2.05. The van der Waals surface area contributed by atoms with Gasteiger partial charge in [0.2, 0.25) is 5.88 Å². The van der Waals surface area contributed by atoms with Gasteiger partial charge in [-0.1, -0.05) is 0 Å². The van der Waals surface area contributed by atoms with E-state index in [1.807, 2.05) is 6.92 Å². The minimum Gasteiger partial charge on any atom is -0.476 e. The Morgan fingerprint density at radius 3 is 3.06 bits per heavy atom. The number of thiazole rings is 1. The first-order valence-corrected chi connectivity index (χ1v) is 5.91. The van der Waals surface area contributed by atoms with Crippen LogP contribution in [-0.4, -0.2) is 21.6 Å². The summed E-state index contributed by atoms with van der Waals surface area (Å²) >= 11 is 1.58. The molecule has 0 spiro atoms. The van der Waals surface area contributed by atoms with E-state index >= 15 is 0 Å². The smallest absolute Gasteiger partial charge is 0.277 e. The van der Waals surface area contributed by atoms with Crippen LogP contribution in [0.5, 0.6) is 5.88 Å². The van der Waals surface area contributed by atoms with Crippen molar-refractivity contribution >= 4 is 17.0 Å². The summed E-state index contributed by atoms with van der Waals surface area (Å²) in [7, 11) is 0. The molecule has 2 aromatic heterocycles. The molecule has 0 aliphatic heterocycles. The number of H-pyrrole nitrogens is 1. The Balaban J connectivity index is 1.97. The van der Waals surface area contributed by atoms with Gasteiger partial charge in [0.15, 0.2) is 5.69 Å². The minimum absolute atomic E-state index is 0.00789. The van der Waals surface area contributed by atoms with E-state index in [2.05, 4.69) is 15.0 Å². The van der Waals surface area contributed by atoms with Crippen molar-refractivity contribution in [2.75, 3.05) is 12.3 Å². The molecule has 0 aromatic carbocycles. The van der Waals surface area contributed by atoms with Gasteiger partial charge in [-0.05, 0) is 6.92 Å². The van der Waals surface area contributed by atoms with Crippen LogP contribution in [0.25, 0.3) is 0 Å². The second-order valence-electron chi connectivity index (χ2n) is 3.41. The third-order valence-corrected chi connectivity index (χ3v) is 3.26. The lowest BCUT2D eigenvalue weighted by atomic mass is 10.3. The van der Waals surface area contributed by atoms with Crippen molar-refractivity contribution in [2.24, 2.45) is 0 Å². The maximum absolute atomic E-state index is 11.2. The standard InChI is InChI=1S/C10H12N4O2S/c1-6-7(17-5-14-6)2-3-16-10-8(11)9(15)12-4-13-10/h4-5H,2-3,11H2,1H3,(H,12,13,15). The summed E-state index contributed by atoms with van der Waals surface area (Å²) in [6, 6.07) is 0. The Morgan fingerprint density at radius 2 is 2.35 bits per heavy atom. The van der Waals surface area contributed by atoms with Crippen LogP contribution in [0.2, 0.25) is 0 Å².